The van der Waals surface area contributed by atoms with Crippen molar-refractivity contribution in [3.63, 3.8) is 0 Å². The van der Waals surface area contributed by atoms with Crippen molar-refractivity contribution < 1.29 is 5.11 Å². The number of aromatic nitrogens is 3. The molecule has 2 aromatic rings. The van der Waals surface area contributed by atoms with Gasteiger partial charge < -0.3 is 9.67 Å². The van der Waals surface area contributed by atoms with Crippen LogP contribution in [0, 0.1) is 0 Å². The number of hydrogen-bond donors (Lipinski definition) is 1. The SMILES string of the molecule is OCc1nnc(SCCc2cc(Cl)cc(Cl)c2)n1C1CC1. The van der Waals surface area contributed by atoms with Crippen LogP contribution in [0.5, 0.6) is 0 Å². The Kier molecular flexibility index (Phi) is 4.74. The fraction of sp³-hybridized carbons (Fsp3) is 0.429. The molecule has 0 atom stereocenters. The van der Waals surface area contributed by atoms with E-state index < -0.39 is 0 Å². The van der Waals surface area contributed by atoms with Gasteiger partial charge in [0.2, 0.25) is 0 Å². The topological polar surface area (TPSA) is 50.9 Å². The third kappa shape index (κ3) is 3.72. The van der Waals surface area contributed by atoms with E-state index in [2.05, 4.69) is 14.8 Å². The summed E-state index contributed by atoms with van der Waals surface area (Å²) in [6.07, 6.45) is 3.14. The monoisotopic (exact) mass is 343 g/mol. The van der Waals surface area contributed by atoms with Crippen LogP contribution < -0.4 is 0 Å². The number of nitrogens with zero attached hydrogens (tertiary/aromatic N) is 3. The van der Waals surface area contributed by atoms with Crippen LogP contribution in [0.15, 0.2) is 23.4 Å². The molecule has 1 N–H and O–H groups in total. The molecule has 1 aromatic carbocycles. The van der Waals surface area contributed by atoms with Crippen LogP contribution in [0.2, 0.25) is 10.0 Å². The van der Waals surface area contributed by atoms with E-state index in [-0.39, 0.29) is 6.61 Å². The quantitative estimate of drug-likeness (QED) is 0.811. The van der Waals surface area contributed by atoms with Gasteiger partial charge in [0.05, 0.1) is 0 Å². The first-order valence-electron chi connectivity index (χ1n) is 6.80. The fourth-order valence-electron chi connectivity index (χ4n) is 2.23. The highest BCUT2D eigenvalue weighted by Crippen LogP contribution is 2.38. The van der Waals surface area contributed by atoms with Crippen LogP contribution in [0.1, 0.15) is 30.3 Å². The Morgan fingerprint density at radius 3 is 2.52 bits per heavy atom. The highest BCUT2D eigenvalue weighted by Gasteiger charge is 2.29. The molecule has 1 aliphatic rings. The molecular formula is C14H15Cl2N3OS. The number of hydrogen-bond acceptors (Lipinski definition) is 4. The second-order valence-electron chi connectivity index (χ2n) is 5.03. The number of benzene rings is 1. The summed E-state index contributed by atoms with van der Waals surface area (Å²) in [6.45, 7) is -0.0615. The highest BCUT2D eigenvalue weighted by atomic mass is 35.5. The molecule has 7 heteroatoms. The molecule has 0 saturated heterocycles. The Balaban J connectivity index is 1.64. The molecule has 1 saturated carbocycles. The number of rotatable bonds is 6. The van der Waals surface area contributed by atoms with Crippen molar-refractivity contribution in [2.75, 3.05) is 5.75 Å². The first kappa shape index (κ1) is 15.2. The van der Waals surface area contributed by atoms with Gasteiger partial charge in [0.1, 0.15) is 6.61 Å². The van der Waals surface area contributed by atoms with Crippen LogP contribution >= 0.6 is 35.0 Å². The normalized spacial score (nSPS) is 14.6. The second-order valence-corrected chi connectivity index (χ2v) is 6.97. The van der Waals surface area contributed by atoms with Gasteiger partial charge in [-0.05, 0) is 43.0 Å². The van der Waals surface area contributed by atoms with Crippen LogP contribution in [0.3, 0.4) is 0 Å². The molecule has 112 valence electrons. The molecule has 0 bridgehead atoms. The zero-order chi connectivity index (χ0) is 14.8. The Morgan fingerprint density at radius 2 is 1.90 bits per heavy atom. The predicted octanol–water partition coefficient (Wildman–Crippen LogP) is 3.75. The Hall–Kier alpha value is -0.750. The molecule has 4 nitrogen and oxygen atoms in total. The lowest BCUT2D eigenvalue weighted by Gasteiger charge is -2.07. The average Bonchev–Trinajstić information content (AvgIpc) is 3.19. The fourth-order valence-corrected chi connectivity index (χ4v) is 3.81. The lowest BCUT2D eigenvalue weighted by molar-refractivity contribution is 0.263. The summed E-state index contributed by atoms with van der Waals surface area (Å²) in [5.41, 5.74) is 1.11. The molecular weight excluding hydrogens is 329 g/mol. The third-order valence-corrected chi connectivity index (χ3v) is 4.71. The predicted molar refractivity (Wildman–Crippen MR) is 85.1 cm³/mol. The maximum atomic E-state index is 9.31. The van der Waals surface area contributed by atoms with Crippen molar-refractivity contribution >= 4 is 35.0 Å². The van der Waals surface area contributed by atoms with Crippen molar-refractivity contribution in [1.29, 1.82) is 0 Å². The summed E-state index contributed by atoms with van der Waals surface area (Å²) in [5, 5.41) is 19.7. The van der Waals surface area contributed by atoms with E-state index in [1.807, 2.05) is 12.1 Å². The third-order valence-electron chi connectivity index (χ3n) is 3.33. The molecule has 3 rings (SSSR count). The summed E-state index contributed by atoms with van der Waals surface area (Å²) >= 11 is 13.6. The first-order valence-corrected chi connectivity index (χ1v) is 8.54. The van der Waals surface area contributed by atoms with Crippen molar-refractivity contribution in [1.82, 2.24) is 14.8 Å². The highest BCUT2D eigenvalue weighted by molar-refractivity contribution is 7.99. The number of aliphatic hydroxyl groups excluding tert-OH is 1. The molecule has 1 aliphatic carbocycles. The lowest BCUT2D eigenvalue weighted by Crippen LogP contribution is -2.03. The Bertz CT molecular complexity index is 623. The van der Waals surface area contributed by atoms with E-state index in [0.717, 1.165) is 35.7 Å². The minimum atomic E-state index is -0.0615. The van der Waals surface area contributed by atoms with Gasteiger partial charge >= 0.3 is 0 Å². The number of aryl methyl sites for hydroxylation is 1. The van der Waals surface area contributed by atoms with Crippen molar-refractivity contribution in [3.05, 3.63) is 39.6 Å². The second kappa shape index (κ2) is 6.57. The van der Waals surface area contributed by atoms with Gasteiger partial charge in [-0.25, -0.2) is 0 Å². The molecule has 0 aliphatic heterocycles. The molecule has 21 heavy (non-hydrogen) atoms. The zero-order valence-corrected chi connectivity index (χ0v) is 13.6. The first-order chi connectivity index (χ1) is 10.2. The van der Waals surface area contributed by atoms with E-state index in [4.69, 9.17) is 23.2 Å². The van der Waals surface area contributed by atoms with Gasteiger partial charge in [-0.1, -0.05) is 35.0 Å². The molecule has 0 radical (unpaired) electrons. The van der Waals surface area contributed by atoms with E-state index in [0.29, 0.717) is 21.9 Å². The maximum Gasteiger partial charge on any atom is 0.191 e. The van der Waals surface area contributed by atoms with Crippen molar-refractivity contribution in [3.8, 4) is 0 Å². The van der Waals surface area contributed by atoms with Gasteiger partial charge in [-0.3, -0.25) is 0 Å². The van der Waals surface area contributed by atoms with Crippen LogP contribution in [0.4, 0.5) is 0 Å². The summed E-state index contributed by atoms with van der Waals surface area (Å²) in [7, 11) is 0. The molecule has 1 heterocycles. The van der Waals surface area contributed by atoms with Gasteiger partial charge in [0.25, 0.3) is 0 Å². The summed E-state index contributed by atoms with van der Waals surface area (Å²) in [5.74, 6) is 1.53. The number of halogens is 2. The van der Waals surface area contributed by atoms with Crippen LogP contribution in [0.25, 0.3) is 0 Å². The van der Waals surface area contributed by atoms with E-state index in [1.54, 1.807) is 17.8 Å². The molecule has 0 unspecified atom stereocenters. The summed E-state index contributed by atoms with van der Waals surface area (Å²) < 4.78 is 2.07. The summed E-state index contributed by atoms with van der Waals surface area (Å²) in [4.78, 5) is 0. The van der Waals surface area contributed by atoms with Gasteiger partial charge in [0, 0.05) is 21.8 Å². The minimum absolute atomic E-state index is 0.0615. The summed E-state index contributed by atoms with van der Waals surface area (Å²) in [6, 6.07) is 6.06. The average molecular weight is 344 g/mol. The maximum absolute atomic E-state index is 9.31. The smallest absolute Gasteiger partial charge is 0.191 e. The van der Waals surface area contributed by atoms with Crippen LogP contribution in [-0.4, -0.2) is 25.6 Å². The van der Waals surface area contributed by atoms with Crippen molar-refractivity contribution in [2.45, 2.75) is 37.1 Å². The molecule has 0 spiro atoms. The standard InChI is InChI=1S/C14H15Cl2N3OS/c15-10-5-9(6-11(16)7-10)3-4-21-14-18-17-13(8-20)19(14)12-1-2-12/h5-7,12,20H,1-4,8H2. The zero-order valence-electron chi connectivity index (χ0n) is 11.3. The minimum Gasteiger partial charge on any atom is -0.388 e. The number of thioether (sulfide) groups is 1. The van der Waals surface area contributed by atoms with Gasteiger partial charge in [0.15, 0.2) is 11.0 Å². The number of aliphatic hydroxyl groups is 1. The molecule has 1 fully saturated rings. The van der Waals surface area contributed by atoms with Gasteiger partial charge in [-0.2, -0.15) is 0 Å². The largest absolute Gasteiger partial charge is 0.388 e. The molecule has 1 aromatic heterocycles. The van der Waals surface area contributed by atoms with Gasteiger partial charge in [-0.15, -0.1) is 10.2 Å². The van der Waals surface area contributed by atoms with Crippen molar-refractivity contribution in [2.24, 2.45) is 0 Å². The van der Waals surface area contributed by atoms with E-state index in [1.165, 1.54) is 0 Å². The Morgan fingerprint density at radius 1 is 1.19 bits per heavy atom. The van der Waals surface area contributed by atoms with E-state index in [9.17, 15) is 5.11 Å². The lowest BCUT2D eigenvalue weighted by atomic mass is 10.2. The van der Waals surface area contributed by atoms with Crippen LogP contribution in [-0.2, 0) is 13.0 Å². The molecule has 0 amide bonds. The van der Waals surface area contributed by atoms with E-state index >= 15 is 0 Å². The Labute approximate surface area is 137 Å².